The molecule has 0 amide bonds. The molecule has 3 N–H and O–H groups in total. The molecule has 1 unspecified atom stereocenters. The highest BCUT2D eigenvalue weighted by atomic mass is 16.5. The number of rotatable bonds is 7. The summed E-state index contributed by atoms with van der Waals surface area (Å²) in [5, 5.41) is 16.2. The average Bonchev–Trinajstić information content (AvgIpc) is 3.04. The van der Waals surface area contributed by atoms with Gasteiger partial charge in [-0.25, -0.2) is 0 Å². The molecule has 2 rings (SSSR count). The fourth-order valence-electron chi connectivity index (χ4n) is 3.22. The number of nitrogens with zero attached hydrogens (tertiary/aromatic N) is 1. The zero-order chi connectivity index (χ0) is 18.3. The molecule has 25 heavy (non-hydrogen) atoms. The maximum Gasteiger partial charge on any atom is 0.191 e. The summed E-state index contributed by atoms with van der Waals surface area (Å²) in [5.41, 5.74) is 2.60. The standard InChI is InChI=1S/C20H33N3O2/c1-16-5-7-17(8-6-16)19(2,3)13-22-18(21-4)23-14-20(9-11-24)10-12-25-15-20/h5-8,24H,9-15H2,1-4H3,(H2,21,22,23). The normalized spacial score (nSPS) is 21.4. The zero-order valence-electron chi connectivity index (χ0n) is 16.1. The van der Waals surface area contributed by atoms with Gasteiger partial charge in [0.05, 0.1) is 6.61 Å². The van der Waals surface area contributed by atoms with Crippen molar-refractivity contribution < 1.29 is 9.84 Å². The Bertz CT molecular complexity index is 561. The van der Waals surface area contributed by atoms with Crippen molar-refractivity contribution in [2.75, 3.05) is 40.0 Å². The van der Waals surface area contributed by atoms with Crippen LogP contribution in [0.3, 0.4) is 0 Å². The van der Waals surface area contributed by atoms with E-state index in [0.717, 1.165) is 38.5 Å². The van der Waals surface area contributed by atoms with Crippen LogP contribution in [-0.2, 0) is 10.2 Å². The van der Waals surface area contributed by atoms with Crippen molar-refractivity contribution in [2.45, 2.75) is 39.0 Å². The minimum absolute atomic E-state index is 0.00454. The lowest BCUT2D eigenvalue weighted by molar-refractivity contribution is 0.127. The van der Waals surface area contributed by atoms with Gasteiger partial charge in [-0.3, -0.25) is 4.99 Å². The van der Waals surface area contributed by atoms with E-state index in [2.05, 4.69) is 60.7 Å². The molecule has 1 atom stereocenters. The second kappa shape index (κ2) is 8.68. The average molecular weight is 348 g/mol. The smallest absolute Gasteiger partial charge is 0.191 e. The molecule has 0 spiro atoms. The lowest BCUT2D eigenvalue weighted by Gasteiger charge is -2.30. The summed E-state index contributed by atoms with van der Waals surface area (Å²) in [7, 11) is 1.79. The lowest BCUT2D eigenvalue weighted by Crippen LogP contribution is -2.47. The van der Waals surface area contributed by atoms with Crippen LogP contribution in [0.25, 0.3) is 0 Å². The first-order valence-electron chi connectivity index (χ1n) is 9.11. The second-order valence-corrected chi connectivity index (χ2v) is 7.81. The third-order valence-corrected chi connectivity index (χ3v) is 5.21. The Kier molecular flexibility index (Phi) is 6.85. The van der Waals surface area contributed by atoms with Gasteiger partial charge in [-0.2, -0.15) is 0 Å². The minimum atomic E-state index is 0.00454. The van der Waals surface area contributed by atoms with Crippen molar-refractivity contribution >= 4 is 5.96 Å². The molecule has 1 aromatic carbocycles. The highest BCUT2D eigenvalue weighted by Crippen LogP contribution is 2.31. The third-order valence-electron chi connectivity index (χ3n) is 5.21. The van der Waals surface area contributed by atoms with Gasteiger partial charge in [-0.1, -0.05) is 43.7 Å². The molecule has 5 nitrogen and oxygen atoms in total. The van der Waals surface area contributed by atoms with Gasteiger partial charge in [0.1, 0.15) is 0 Å². The van der Waals surface area contributed by atoms with E-state index in [0.29, 0.717) is 6.61 Å². The summed E-state index contributed by atoms with van der Waals surface area (Å²) in [6, 6.07) is 8.70. The molecular weight excluding hydrogens is 314 g/mol. The molecule has 0 radical (unpaired) electrons. The number of hydrogen-bond donors (Lipinski definition) is 3. The molecule has 0 aromatic heterocycles. The Morgan fingerprint density at radius 2 is 2.00 bits per heavy atom. The number of aliphatic imine (C=N–C) groups is 1. The maximum absolute atomic E-state index is 9.34. The molecule has 1 fully saturated rings. The summed E-state index contributed by atoms with van der Waals surface area (Å²) in [5.74, 6) is 0.796. The third kappa shape index (κ3) is 5.44. The number of benzene rings is 1. The molecule has 1 aliphatic heterocycles. The Morgan fingerprint density at radius 3 is 2.56 bits per heavy atom. The first-order valence-corrected chi connectivity index (χ1v) is 9.11. The van der Waals surface area contributed by atoms with Crippen LogP contribution in [0.15, 0.2) is 29.3 Å². The van der Waals surface area contributed by atoms with E-state index in [-0.39, 0.29) is 17.4 Å². The van der Waals surface area contributed by atoms with Crippen molar-refractivity contribution in [3.05, 3.63) is 35.4 Å². The van der Waals surface area contributed by atoms with Crippen LogP contribution in [0.5, 0.6) is 0 Å². The van der Waals surface area contributed by atoms with Gasteiger partial charge in [0.15, 0.2) is 5.96 Å². The Morgan fingerprint density at radius 1 is 1.28 bits per heavy atom. The molecule has 1 aliphatic rings. The number of aryl methyl sites for hydroxylation is 1. The quantitative estimate of drug-likeness (QED) is 0.523. The van der Waals surface area contributed by atoms with E-state index < -0.39 is 0 Å². The highest BCUT2D eigenvalue weighted by molar-refractivity contribution is 5.79. The molecule has 1 saturated heterocycles. The molecule has 1 heterocycles. The maximum atomic E-state index is 9.34. The van der Waals surface area contributed by atoms with E-state index in [9.17, 15) is 5.11 Å². The van der Waals surface area contributed by atoms with Crippen molar-refractivity contribution in [1.82, 2.24) is 10.6 Å². The summed E-state index contributed by atoms with van der Waals surface area (Å²) < 4.78 is 5.55. The number of ether oxygens (including phenoxy) is 1. The van der Waals surface area contributed by atoms with Crippen molar-refractivity contribution in [2.24, 2.45) is 10.4 Å². The number of aliphatic hydroxyl groups is 1. The van der Waals surface area contributed by atoms with Gasteiger partial charge in [0, 0.05) is 44.2 Å². The SMILES string of the molecule is CN=C(NCC1(CCO)CCOC1)NCC(C)(C)c1ccc(C)cc1. The molecule has 0 bridgehead atoms. The lowest BCUT2D eigenvalue weighted by atomic mass is 9.84. The molecule has 0 aliphatic carbocycles. The van der Waals surface area contributed by atoms with Gasteiger partial charge in [-0.05, 0) is 25.3 Å². The van der Waals surface area contributed by atoms with Crippen LogP contribution in [0.1, 0.15) is 37.8 Å². The largest absolute Gasteiger partial charge is 0.396 e. The van der Waals surface area contributed by atoms with Crippen LogP contribution >= 0.6 is 0 Å². The van der Waals surface area contributed by atoms with E-state index in [1.807, 2.05) is 0 Å². The van der Waals surface area contributed by atoms with Crippen LogP contribution in [0.2, 0.25) is 0 Å². The summed E-state index contributed by atoms with van der Waals surface area (Å²) in [4.78, 5) is 4.34. The van der Waals surface area contributed by atoms with Crippen LogP contribution in [0, 0.1) is 12.3 Å². The Hall–Kier alpha value is -1.59. The van der Waals surface area contributed by atoms with Gasteiger partial charge in [0.2, 0.25) is 0 Å². The van der Waals surface area contributed by atoms with Gasteiger partial charge in [0.25, 0.3) is 0 Å². The number of guanidine groups is 1. The number of hydrogen-bond acceptors (Lipinski definition) is 3. The van der Waals surface area contributed by atoms with Crippen molar-refractivity contribution in [3.8, 4) is 0 Å². The predicted octanol–water partition coefficient (Wildman–Crippen LogP) is 2.23. The first-order chi connectivity index (χ1) is 11.9. The molecule has 0 saturated carbocycles. The molecule has 140 valence electrons. The molecule has 5 heteroatoms. The topological polar surface area (TPSA) is 65.9 Å². The molecule has 1 aromatic rings. The van der Waals surface area contributed by atoms with Gasteiger partial charge in [-0.15, -0.1) is 0 Å². The first kappa shape index (κ1) is 19.7. The molecular formula is C20H33N3O2. The second-order valence-electron chi connectivity index (χ2n) is 7.81. The van der Waals surface area contributed by atoms with E-state index in [4.69, 9.17) is 4.74 Å². The van der Waals surface area contributed by atoms with Crippen LogP contribution < -0.4 is 10.6 Å². The van der Waals surface area contributed by atoms with E-state index in [1.54, 1.807) is 7.05 Å². The Balaban J connectivity index is 1.90. The summed E-state index contributed by atoms with van der Waals surface area (Å²) in [6.07, 6.45) is 1.73. The van der Waals surface area contributed by atoms with E-state index in [1.165, 1.54) is 11.1 Å². The fraction of sp³-hybridized carbons (Fsp3) is 0.650. The van der Waals surface area contributed by atoms with Crippen molar-refractivity contribution in [1.29, 1.82) is 0 Å². The number of aliphatic hydroxyl groups excluding tert-OH is 1. The van der Waals surface area contributed by atoms with Crippen LogP contribution in [0.4, 0.5) is 0 Å². The monoisotopic (exact) mass is 347 g/mol. The Labute approximate surface area is 151 Å². The van der Waals surface area contributed by atoms with E-state index >= 15 is 0 Å². The van der Waals surface area contributed by atoms with Crippen LogP contribution in [-0.4, -0.2) is 51.0 Å². The summed E-state index contributed by atoms with van der Waals surface area (Å²) in [6.45, 7) is 9.79. The fourth-order valence-corrected chi connectivity index (χ4v) is 3.22. The minimum Gasteiger partial charge on any atom is -0.396 e. The highest BCUT2D eigenvalue weighted by Gasteiger charge is 2.34. The summed E-state index contributed by atoms with van der Waals surface area (Å²) >= 11 is 0. The van der Waals surface area contributed by atoms with Crippen molar-refractivity contribution in [3.63, 3.8) is 0 Å². The zero-order valence-corrected chi connectivity index (χ0v) is 16.1. The van der Waals surface area contributed by atoms with Gasteiger partial charge >= 0.3 is 0 Å². The predicted molar refractivity (Wildman–Crippen MR) is 103 cm³/mol. The number of nitrogens with one attached hydrogen (secondary N) is 2. The van der Waals surface area contributed by atoms with Gasteiger partial charge < -0.3 is 20.5 Å².